The van der Waals surface area contributed by atoms with E-state index >= 15 is 0 Å². The molecule has 6 heterocycles. The Labute approximate surface area is 616 Å². The van der Waals surface area contributed by atoms with E-state index in [-0.39, 0.29) is 0 Å². The van der Waals surface area contributed by atoms with Gasteiger partial charge >= 0.3 is 0 Å². The van der Waals surface area contributed by atoms with Gasteiger partial charge < -0.3 is 8.83 Å². The van der Waals surface area contributed by atoms with Gasteiger partial charge in [0.2, 0.25) is 0 Å². The Morgan fingerprint density at radius 2 is 0.523 bits per heavy atom. The second-order valence-corrected chi connectivity index (χ2v) is 28.1. The Morgan fingerprint density at radius 3 is 1.01 bits per heavy atom. The van der Waals surface area contributed by atoms with Crippen LogP contribution in [-0.2, 0) is 0 Å². The van der Waals surface area contributed by atoms with E-state index in [0.717, 1.165) is 182 Å². The van der Waals surface area contributed by atoms with Crippen LogP contribution in [0.25, 0.3) is 219 Å². The number of aromatic nitrogens is 6. The van der Waals surface area contributed by atoms with E-state index in [9.17, 15) is 0 Å². The van der Waals surface area contributed by atoms with Crippen LogP contribution in [0.15, 0.2) is 361 Å². The second kappa shape index (κ2) is 25.4. The van der Waals surface area contributed by atoms with Crippen molar-refractivity contribution in [1.82, 2.24) is 29.9 Å². The lowest BCUT2D eigenvalue weighted by Gasteiger charge is -2.13. The first-order valence-electron chi connectivity index (χ1n) is 35.9. The average molecular weight is 1380 g/mol. The maximum atomic E-state index is 6.35. The molecule has 0 unspecified atom stereocenters. The molecule has 0 aliphatic carbocycles. The maximum Gasteiger partial charge on any atom is 0.143 e. The molecule has 107 heavy (non-hydrogen) atoms. The molecule has 0 amide bonds. The summed E-state index contributed by atoms with van der Waals surface area (Å²) in [5, 5.41) is 18.6. The summed E-state index contributed by atoms with van der Waals surface area (Å²) in [5.74, 6) is 0. The van der Waals surface area contributed by atoms with Gasteiger partial charge in [-0.2, -0.15) is 0 Å². The monoisotopic (exact) mass is 1380 g/mol. The third kappa shape index (κ3) is 10.7. The van der Waals surface area contributed by atoms with Gasteiger partial charge in [-0.1, -0.05) is 279 Å². The highest BCUT2D eigenvalue weighted by Crippen LogP contribution is 2.44. The molecule has 0 saturated heterocycles. The zero-order valence-corrected chi connectivity index (χ0v) is 58.2. The number of benzene rings is 17. The number of fused-ring (bicyclic) bond motifs is 22. The number of furan rings is 2. The van der Waals surface area contributed by atoms with Crippen molar-refractivity contribution in [2.75, 3.05) is 0 Å². The fourth-order valence-corrected chi connectivity index (χ4v) is 16.8. The number of hydrogen-bond acceptors (Lipinski definition) is 9. The van der Waals surface area contributed by atoms with Crippen LogP contribution in [0.5, 0.6) is 0 Å². The fourth-order valence-electron chi connectivity index (χ4n) is 15.5. The minimum Gasteiger partial charge on any atom is -0.455 e. The van der Waals surface area contributed by atoms with E-state index in [1.807, 2.05) is 102 Å². The summed E-state index contributed by atoms with van der Waals surface area (Å²) in [6.07, 6.45) is 0. The summed E-state index contributed by atoms with van der Waals surface area (Å²) < 4.78 is 15.3. The molecule has 0 radical (unpaired) electrons. The molecule has 0 atom stereocenters. The van der Waals surface area contributed by atoms with Gasteiger partial charge in [0, 0.05) is 102 Å². The summed E-state index contributed by atoms with van der Waals surface area (Å²) in [4.78, 5) is 31.0. The lowest BCUT2D eigenvalue weighted by molar-refractivity contribution is 0.672. The van der Waals surface area contributed by atoms with Gasteiger partial charge in [-0.05, 0) is 99.7 Å². The van der Waals surface area contributed by atoms with Gasteiger partial charge in [0.1, 0.15) is 22.3 Å². The summed E-state index contributed by atoms with van der Waals surface area (Å²) in [6.45, 7) is 0. The summed E-state index contributed by atoms with van der Waals surface area (Å²) in [7, 11) is 0. The van der Waals surface area contributed by atoms with Crippen LogP contribution in [0.4, 0.5) is 0 Å². The Hall–Kier alpha value is -14.1. The van der Waals surface area contributed by atoms with E-state index in [2.05, 4.69) is 261 Å². The normalized spacial score (nSPS) is 11.7. The van der Waals surface area contributed by atoms with E-state index in [0.29, 0.717) is 0 Å². The highest BCUT2D eigenvalue weighted by Gasteiger charge is 2.22. The third-order valence-corrected chi connectivity index (χ3v) is 22.0. The van der Waals surface area contributed by atoms with E-state index in [1.165, 1.54) is 36.3 Å². The van der Waals surface area contributed by atoms with Crippen LogP contribution in [-0.4, -0.2) is 29.9 Å². The molecular weight excluding hydrogens is 1330 g/mol. The second-order valence-electron chi connectivity index (χ2n) is 27.1. The van der Waals surface area contributed by atoms with Gasteiger partial charge in [-0.25, -0.2) is 29.9 Å². The highest BCUT2D eigenvalue weighted by atomic mass is 32.1. The van der Waals surface area contributed by atoms with Crippen molar-refractivity contribution in [3.05, 3.63) is 352 Å². The molecule has 0 N–H and O–H groups in total. The molecule has 6 aromatic heterocycles. The predicted molar refractivity (Wildman–Crippen MR) is 446 cm³/mol. The van der Waals surface area contributed by atoms with E-state index < -0.39 is 0 Å². The van der Waals surface area contributed by atoms with Crippen LogP contribution >= 0.6 is 11.3 Å². The Balaban J connectivity index is 0.000000103. The topological polar surface area (TPSA) is 104 Å². The lowest BCUT2D eigenvalue weighted by atomic mass is 9.98. The van der Waals surface area contributed by atoms with Crippen molar-refractivity contribution < 1.29 is 8.83 Å². The Kier molecular flexibility index (Phi) is 14.6. The number of para-hydroxylation sites is 4. The zero-order chi connectivity index (χ0) is 70.5. The third-order valence-electron chi connectivity index (χ3n) is 20.7. The zero-order valence-electron chi connectivity index (χ0n) is 57.4. The molecule has 0 aliphatic rings. The van der Waals surface area contributed by atoms with E-state index in [4.69, 9.17) is 38.7 Å². The smallest absolute Gasteiger partial charge is 0.143 e. The molecule has 8 nitrogen and oxygen atoms in total. The average Bonchev–Trinajstić information content (AvgIpc) is 1.72. The summed E-state index contributed by atoms with van der Waals surface area (Å²) >= 11 is 1.86. The molecule has 9 heteroatoms. The van der Waals surface area contributed by atoms with Gasteiger partial charge in [0.15, 0.2) is 0 Å². The quantitative estimate of drug-likeness (QED) is 0.152. The van der Waals surface area contributed by atoms with Gasteiger partial charge in [-0.15, -0.1) is 11.3 Å². The largest absolute Gasteiger partial charge is 0.455 e. The molecule has 23 rings (SSSR count). The van der Waals surface area contributed by atoms with Crippen molar-refractivity contribution in [2.24, 2.45) is 0 Å². The van der Waals surface area contributed by atoms with Gasteiger partial charge in [-0.3, -0.25) is 0 Å². The molecule has 0 bridgehead atoms. The Bertz CT molecular complexity index is 7520. The van der Waals surface area contributed by atoms with E-state index in [1.54, 1.807) is 0 Å². The van der Waals surface area contributed by atoms with Crippen LogP contribution < -0.4 is 0 Å². The lowest BCUT2D eigenvalue weighted by Crippen LogP contribution is -1.96. The molecule has 23 aromatic rings. The van der Waals surface area contributed by atoms with Crippen molar-refractivity contribution in [1.29, 1.82) is 0 Å². The minimum absolute atomic E-state index is 0.865. The number of hydrogen-bond donors (Lipinski definition) is 0. The number of nitrogens with zero attached hydrogens (tertiary/aromatic N) is 6. The van der Waals surface area contributed by atoms with Crippen LogP contribution in [0.2, 0.25) is 0 Å². The van der Waals surface area contributed by atoms with Crippen LogP contribution in [0.3, 0.4) is 0 Å². The minimum atomic E-state index is 0.865. The van der Waals surface area contributed by atoms with Crippen molar-refractivity contribution in [2.45, 2.75) is 0 Å². The molecule has 0 fully saturated rings. The van der Waals surface area contributed by atoms with Crippen molar-refractivity contribution in [3.8, 4) is 67.5 Å². The SMILES string of the molecule is c1ccc(-c2nc3c(ccc4ccccc43)nc2-c2ccc3ccc4c5ccccc5oc4c3c2)cc1.c1ccc(-c2nc3ccc4ccccc4c3nc2-c2ccc3ccc4c5ccccc5sc4c3c2)cc1.c1ccc(-c2nc3ccccc3nc2-c2ccc3ccc4c5ccccc5oc4c3c2)cc1. The first kappa shape index (κ1) is 61.5. The standard InChI is InChI=1S/C34H20N2O.C34H20N2S.C30H18N2O/c1-2-9-23(10-3-1)31-32(35-29-19-17-21-8-4-5-11-25(21)33(29)36-31)24-15-14-22-16-18-27-26-12-6-7-13-30(26)37-34(27)28(22)20-24;1-2-9-23(10-3-1)31-32(36-33-25-11-5-4-8-21(25)17-19-29(33)35-31)24-15-14-22-16-18-27-26-12-6-7-13-30(26)37-34(27)28(22)20-24;1-2-8-20(9-3-1)28-29(32-26-12-6-5-11-25(26)31-28)21-15-14-19-16-17-23-22-10-4-7-13-27(22)33-30(23)24(19)18-21/h2*1-20H;1-18H. The molecule has 0 spiro atoms. The first-order valence-corrected chi connectivity index (χ1v) is 36.7. The van der Waals surface area contributed by atoms with Crippen molar-refractivity contribution >= 4 is 162 Å². The molecule has 0 aliphatic heterocycles. The highest BCUT2D eigenvalue weighted by molar-refractivity contribution is 7.26. The molecule has 17 aromatic carbocycles. The Morgan fingerprint density at radius 1 is 0.196 bits per heavy atom. The molecule has 498 valence electrons. The molecule has 0 saturated carbocycles. The summed E-state index contributed by atoms with van der Waals surface area (Å²) in [5.41, 5.74) is 20.6. The van der Waals surface area contributed by atoms with Crippen molar-refractivity contribution in [3.63, 3.8) is 0 Å². The number of rotatable bonds is 6. The van der Waals surface area contributed by atoms with Gasteiger partial charge in [0.25, 0.3) is 0 Å². The first-order chi connectivity index (χ1) is 53.0. The fraction of sp³-hybridized carbons (Fsp3) is 0. The maximum absolute atomic E-state index is 6.35. The molecular formula is C98H58N6O2S. The van der Waals surface area contributed by atoms with Crippen LogP contribution in [0, 0.1) is 0 Å². The van der Waals surface area contributed by atoms with Gasteiger partial charge in [0.05, 0.1) is 67.3 Å². The summed E-state index contributed by atoms with van der Waals surface area (Å²) in [6, 6.07) is 122. The van der Waals surface area contributed by atoms with Crippen LogP contribution in [0.1, 0.15) is 0 Å². The predicted octanol–water partition coefficient (Wildman–Crippen LogP) is 26.8. The number of thiophene rings is 1.